The molecule has 210 valence electrons. The van der Waals surface area contributed by atoms with Crippen LogP contribution >= 0.6 is 11.8 Å². The monoisotopic (exact) mass is 559 g/mol. The molecule has 0 bridgehead atoms. The predicted octanol–water partition coefficient (Wildman–Crippen LogP) is 6.23. The normalized spacial score (nSPS) is 14.3. The third-order valence-corrected chi connectivity index (χ3v) is 8.45. The molecule has 1 N–H and O–H groups in total. The maximum atomic E-state index is 13.9. The zero-order valence-corrected chi connectivity index (χ0v) is 23.8. The van der Waals surface area contributed by atoms with Gasteiger partial charge in [-0.05, 0) is 42.0 Å². The van der Waals surface area contributed by atoms with Gasteiger partial charge in [0, 0.05) is 36.9 Å². The number of nitrogens with one attached hydrogen (secondary N) is 1. The van der Waals surface area contributed by atoms with Gasteiger partial charge >= 0.3 is 0 Å². The van der Waals surface area contributed by atoms with Crippen molar-refractivity contribution in [3.63, 3.8) is 0 Å². The standard InChI is InChI=1S/C32H37N3O4S/c1-24-10-8-9-13-27(24)21-34(31(36)23-40-22-26-16-18-29(19-17-26)35(38)39)30(20-25-11-4-2-5-12-25)32(37)33-28-14-6-3-7-15-28/h2,4-5,8-13,16-19,28,30H,3,6-7,14-15,20-23H2,1H3,(H,33,37). The van der Waals surface area contributed by atoms with E-state index < -0.39 is 11.0 Å². The van der Waals surface area contributed by atoms with Crippen LogP contribution in [-0.2, 0) is 28.3 Å². The Morgan fingerprint density at radius 3 is 2.30 bits per heavy atom. The van der Waals surface area contributed by atoms with E-state index >= 15 is 0 Å². The van der Waals surface area contributed by atoms with Crippen molar-refractivity contribution >= 4 is 29.3 Å². The molecular weight excluding hydrogens is 522 g/mol. The molecule has 3 aromatic rings. The molecule has 2 amide bonds. The quantitative estimate of drug-likeness (QED) is 0.210. The van der Waals surface area contributed by atoms with Crippen LogP contribution in [0.3, 0.4) is 0 Å². The van der Waals surface area contributed by atoms with E-state index in [1.807, 2.05) is 61.5 Å². The molecule has 0 heterocycles. The third kappa shape index (κ3) is 8.42. The molecule has 4 rings (SSSR count). The molecule has 1 unspecified atom stereocenters. The second-order valence-corrected chi connectivity index (χ2v) is 11.4. The molecule has 1 aliphatic rings. The number of benzene rings is 3. The number of carbonyl (C=O) groups is 2. The number of amides is 2. The van der Waals surface area contributed by atoms with E-state index in [1.54, 1.807) is 17.0 Å². The number of nitro benzene ring substituents is 1. The maximum Gasteiger partial charge on any atom is 0.269 e. The number of carbonyl (C=O) groups excluding carboxylic acids is 2. The SMILES string of the molecule is Cc1ccccc1CN(C(=O)CSCc1ccc([N+](=O)[O-])cc1)C(Cc1ccccc1)C(=O)NC1CCCCC1. The van der Waals surface area contributed by atoms with Crippen molar-refractivity contribution in [2.45, 2.75) is 69.8 Å². The smallest absolute Gasteiger partial charge is 0.269 e. The highest BCUT2D eigenvalue weighted by molar-refractivity contribution is 7.99. The van der Waals surface area contributed by atoms with E-state index in [2.05, 4.69) is 5.32 Å². The summed E-state index contributed by atoms with van der Waals surface area (Å²) in [6, 6.07) is 23.7. The molecule has 0 aromatic heterocycles. The van der Waals surface area contributed by atoms with Crippen molar-refractivity contribution in [1.29, 1.82) is 0 Å². The van der Waals surface area contributed by atoms with E-state index in [0.717, 1.165) is 47.9 Å². The molecule has 8 heteroatoms. The van der Waals surface area contributed by atoms with Crippen LogP contribution in [0.4, 0.5) is 5.69 Å². The predicted molar refractivity (Wildman–Crippen MR) is 160 cm³/mol. The first-order chi connectivity index (χ1) is 19.4. The largest absolute Gasteiger partial charge is 0.352 e. The van der Waals surface area contributed by atoms with Crippen molar-refractivity contribution < 1.29 is 14.5 Å². The molecule has 0 radical (unpaired) electrons. The Hall–Kier alpha value is -3.65. The van der Waals surface area contributed by atoms with E-state index in [-0.39, 0.29) is 29.3 Å². The Balaban J connectivity index is 1.55. The fourth-order valence-electron chi connectivity index (χ4n) is 5.12. The molecule has 0 aliphatic heterocycles. The lowest BCUT2D eigenvalue weighted by Gasteiger charge is -2.34. The second kappa shape index (κ2) is 14.7. The maximum absolute atomic E-state index is 13.9. The summed E-state index contributed by atoms with van der Waals surface area (Å²) in [4.78, 5) is 40.0. The lowest BCUT2D eigenvalue weighted by Crippen LogP contribution is -2.53. The van der Waals surface area contributed by atoms with E-state index in [0.29, 0.717) is 18.7 Å². The number of rotatable bonds is 12. The number of thioether (sulfide) groups is 1. The Kier molecular flexibility index (Phi) is 10.7. The van der Waals surface area contributed by atoms with Crippen LogP contribution in [0.25, 0.3) is 0 Å². The van der Waals surface area contributed by atoms with Gasteiger partial charge in [0.05, 0.1) is 10.7 Å². The summed E-state index contributed by atoms with van der Waals surface area (Å²) < 4.78 is 0. The molecule has 3 aromatic carbocycles. The van der Waals surface area contributed by atoms with Gasteiger partial charge in [-0.25, -0.2) is 0 Å². The highest BCUT2D eigenvalue weighted by Gasteiger charge is 2.32. The molecule has 0 saturated heterocycles. The highest BCUT2D eigenvalue weighted by atomic mass is 32.2. The van der Waals surface area contributed by atoms with Crippen LogP contribution < -0.4 is 5.32 Å². The second-order valence-electron chi connectivity index (χ2n) is 10.4. The first-order valence-corrected chi connectivity index (χ1v) is 15.1. The van der Waals surface area contributed by atoms with Gasteiger partial charge in [-0.15, -0.1) is 11.8 Å². The summed E-state index contributed by atoms with van der Waals surface area (Å²) in [5.74, 6) is 0.540. The molecule has 40 heavy (non-hydrogen) atoms. The highest BCUT2D eigenvalue weighted by Crippen LogP contribution is 2.22. The lowest BCUT2D eigenvalue weighted by atomic mass is 9.94. The van der Waals surface area contributed by atoms with Crippen LogP contribution in [0.5, 0.6) is 0 Å². The van der Waals surface area contributed by atoms with Gasteiger partial charge in [0.2, 0.25) is 11.8 Å². The molecule has 1 fully saturated rings. The van der Waals surface area contributed by atoms with Crippen LogP contribution in [0.2, 0.25) is 0 Å². The van der Waals surface area contributed by atoms with Crippen LogP contribution in [0.15, 0.2) is 78.9 Å². The number of non-ortho nitro benzene ring substituents is 1. The summed E-state index contributed by atoms with van der Waals surface area (Å²) in [7, 11) is 0. The average Bonchev–Trinajstić information content (AvgIpc) is 2.97. The fraction of sp³-hybridized carbons (Fsp3) is 0.375. The molecule has 7 nitrogen and oxygen atoms in total. The Labute approximate surface area is 240 Å². The van der Waals surface area contributed by atoms with Gasteiger partial charge in [0.25, 0.3) is 5.69 Å². The van der Waals surface area contributed by atoms with Crippen molar-refractivity contribution in [2.75, 3.05) is 5.75 Å². The number of nitro groups is 1. The Morgan fingerprint density at radius 1 is 0.950 bits per heavy atom. The third-order valence-electron chi connectivity index (χ3n) is 7.47. The topological polar surface area (TPSA) is 92.6 Å². The van der Waals surface area contributed by atoms with Crippen LogP contribution in [0.1, 0.15) is 54.4 Å². The summed E-state index contributed by atoms with van der Waals surface area (Å²) in [5.41, 5.74) is 4.05. The van der Waals surface area contributed by atoms with Gasteiger partial charge < -0.3 is 10.2 Å². The lowest BCUT2D eigenvalue weighted by molar-refractivity contribution is -0.384. The van der Waals surface area contributed by atoms with Gasteiger partial charge in [0.15, 0.2) is 0 Å². The average molecular weight is 560 g/mol. The van der Waals surface area contributed by atoms with Crippen LogP contribution in [-0.4, -0.2) is 39.5 Å². The minimum Gasteiger partial charge on any atom is -0.352 e. The number of aryl methyl sites for hydroxylation is 1. The molecular formula is C32H37N3O4S. The van der Waals surface area contributed by atoms with E-state index in [9.17, 15) is 19.7 Å². The number of hydrogen-bond donors (Lipinski definition) is 1. The van der Waals surface area contributed by atoms with Crippen molar-refractivity contribution in [1.82, 2.24) is 10.2 Å². The van der Waals surface area contributed by atoms with E-state index in [1.165, 1.54) is 30.3 Å². The first kappa shape index (κ1) is 29.3. The molecule has 1 aliphatic carbocycles. The minimum atomic E-state index is -0.642. The fourth-order valence-corrected chi connectivity index (χ4v) is 5.99. The summed E-state index contributed by atoms with van der Waals surface area (Å²) >= 11 is 1.45. The van der Waals surface area contributed by atoms with Crippen molar-refractivity contribution in [3.05, 3.63) is 111 Å². The number of nitrogens with zero attached hydrogens (tertiary/aromatic N) is 2. The van der Waals surface area contributed by atoms with Gasteiger partial charge in [-0.2, -0.15) is 0 Å². The Morgan fingerprint density at radius 2 is 1.62 bits per heavy atom. The van der Waals surface area contributed by atoms with Gasteiger partial charge in [0.1, 0.15) is 6.04 Å². The van der Waals surface area contributed by atoms with Gasteiger partial charge in [-0.3, -0.25) is 19.7 Å². The zero-order valence-electron chi connectivity index (χ0n) is 23.0. The molecule has 1 atom stereocenters. The summed E-state index contributed by atoms with van der Waals surface area (Å²) in [5, 5.41) is 14.2. The Bertz CT molecular complexity index is 1280. The zero-order chi connectivity index (χ0) is 28.3. The number of hydrogen-bond acceptors (Lipinski definition) is 5. The summed E-state index contributed by atoms with van der Waals surface area (Å²) in [6.07, 6.45) is 5.80. The van der Waals surface area contributed by atoms with E-state index in [4.69, 9.17) is 0 Å². The van der Waals surface area contributed by atoms with Crippen molar-refractivity contribution in [2.24, 2.45) is 0 Å². The van der Waals surface area contributed by atoms with Gasteiger partial charge in [-0.1, -0.05) is 86.0 Å². The minimum absolute atomic E-state index is 0.0435. The molecule has 0 spiro atoms. The first-order valence-electron chi connectivity index (χ1n) is 13.9. The molecule has 1 saturated carbocycles. The summed E-state index contributed by atoms with van der Waals surface area (Å²) in [6.45, 7) is 2.37. The van der Waals surface area contributed by atoms with Crippen molar-refractivity contribution in [3.8, 4) is 0 Å². The van der Waals surface area contributed by atoms with Crippen LogP contribution in [0, 0.1) is 17.0 Å².